The van der Waals surface area contributed by atoms with Crippen molar-refractivity contribution in [3.8, 4) is 0 Å². The molecule has 1 aliphatic rings. The highest BCUT2D eigenvalue weighted by molar-refractivity contribution is 7.99. The summed E-state index contributed by atoms with van der Waals surface area (Å²) in [4.78, 5) is 14.3. The van der Waals surface area contributed by atoms with Gasteiger partial charge in [-0.25, -0.2) is 4.79 Å². The number of rotatable bonds is 6. The van der Waals surface area contributed by atoms with E-state index in [0.29, 0.717) is 12.1 Å². The van der Waals surface area contributed by atoms with Gasteiger partial charge in [0.25, 0.3) is 0 Å². The van der Waals surface area contributed by atoms with Crippen molar-refractivity contribution >= 4 is 17.8 Å². The summed E-state index contributed by atoms with van der Waals surface area (Å²) >= 11 is 1.92. The topological polar surface area (TPSA) is 58.4 Å². The van der Waals surface area contributed by atoms with Crippen LogP contribution in [0.5, 0.6) is 0 Å². The summed E-state index contributed by atoms with van der Waals surface area (Å²) in [5, 5.41) is 3.76. The summed E-state index contributed by atoms with van der Waals surface area (Å²) in [6.45, 7) is 8.10. The van der Waals surface area contributed by atoms with E-state index in [1.54, 1.807) is 4.90 Å². The Labute approximate surface area is 144 Å². The molecule has 1 saturated heterocycles. The Morgan fingerprint density at radius 1 is 1.35 bits per heavy atom. The molecule has 1 fully saturated rings. The predicted molar refractivity (Wildman–Crippen MR) is 98.0 cm³/mol. The number of amides is 2. The van der Waals surface area contributed by atoms with Crippen LogP contribution in [-0.4, -0.2) is 41.9 Å². The Balaban J connectivity index is 1.79. The highest BCUT2D eigenvalue weighted by atomic mass is 32.2. The van der Waals surface area contributed by atoms with Crippen molar-refractivity contribution in [2.24, 2.45) is 5.73 Å². The zero-order chi connectivity index (χ0) is 16.8. The van der Waals surface area contributed by atoms with Crippen molar-refractivity contribution < 1.29 is 4.79 Å². The van der Waals surface area contributed by atoms with E-state index in [4.69, 9.17) is 5.73 Å². The Morgan fingerprint density at radius 3 is 2.61 bits per heavy atom. The van der Waals surface area contributed by atoms with Crippen LogP contribution in [-0.2, 0) is 0 Å². The molecule has 1 aromatic carbocycles. The van der Waals surface area contributed by atoms with Crippen LogP contribution in [0.3, 0.4) is 0 Å². The Hall–Kier alpha value is -1.20. The van der Waals surface area contributed by atoms with E-state index in [9.17, 15) is 4.79 Å². The second-order valence-electron chi connectivity index (χ2n) is 6.43. The number of likely N-dealkylation sites (tertiary alicyclic amines) is 1. The minimum atomic E-state index is -0.291. The van der Waals surface area contributed by atoms with E-state index >= 15 is 0 Å². The molecule has 0 saturated carbocycles. The average Bonchev–Trinajstić information content (AvgIpc) is 2.55. The Bertz CT molecular complexity index is 527. The normalized spacial score (nSPS) is 17.3. The number of carbonyl (C=O) groups is 1. The molecule has 0 spiro atoms. The summed E-state index contributed by atoms with van der Waals surface area (Å²) in [5.74, 6) is 1.08. The quantitative estimate of drug-likeness (QED) is 0.784. The van der Waals surface area contributed by atoms with Gasteiger partial charge in [-0.1, -0.05) is 13.0 Å². The number of aryl methyl sites for hydroxylation is 2. The van der Waals surface area contributed by atoms with Crippen LogP contribution in [0, 0.1) is 13.8 Å². The van der Waals surface area contributed by atoms with Gasteiger partial charge in [0.15, 0.2) is 0 Å². The molecular formula is C18H29N3OS. The molecule has 2 rings (SSSR count). The third-order valence-corrected chi connectivity index (χ3v) is 5.86. The Morgan fingerprint density at radius 2 is 2.04 bits per heavy atom. The fourth-order valence-corrected chi connectivity index (χ4v) is 4.03. The maximum Gasteiger partial charge on any atom is 0.314 e. The van der Waals surface area contributed by atoms with Gasteiger partial charge in [0.05, 0.1) is 0 Å². The minimum Gasteiger partial charge on any atom is -0.351 e. The van der Waals surface area contributed by atoms with Crippen LogP contribution in [0.15, 0.2) is 23.1 Å². The number of urea groups is 1. The second kappa shape index (κ2) is 8.60. The van der Waals surface area contributed by atoms with Crippen molar-refractivity contribution in [3.05, 3.63) is 29.3 Å². The lowest BCUT2D eigenvalue weighted by atomic mass is 10.0. The molecule has 23 heavy (non-hydrogen) atoms. The first-order chi connectivity index (χ1) is 11.0. The van der Waals surface area contributed by atoms with Crippen LogP contribution >= 0.6 is 11.8 Å². The standard InChI is InChI=1S/C18H29N3OS/c1-4-15(12-23-17-6-5-13(2)14(3)11-17)20-16-7-9-21(10-8-16)18(19)22/h5-6,11,15-16,20H,4,7-10,12H2,1-3H3,(H2,19,22). The van der Waals surface area contributed by atoms with E-state index in [2.05, 4.69) is 44.3 Å². The number of piperidine rings is 1. The van der Waals surface area contributed by atoms with Gasteiger partial charge in [-0.15, -0.1) is 11.8 Å². The van der Waals surface area contributed by atoms with Crippen molar-refractivity contribution in [1.29, 1.82) is 0 Å². The van der Waals surface area contributed by atoms with Gasteiger partial charge >= 0.3 is 6.03 Å². The molecule has 0 aromatic heterocycles. The number of nitrogens with zero attached hydrogens (tertiary/aromatic N) is 1. The zero-order valence-electron chi connectivity index (χ0n) is 14.5. The smallest absolute Gasteiger partial charge is 0.314 e. The highest BCUT2D eigenvalue weighted by Gasteiger charge is 2.22. The molecule has 5 heteroatoms. The molecule has 1 aromatic rings. The van der Waals surface area contributed by atoms with Crippen LogP contribution in [0.4, 0.5) is 4.79 Å². The van der Waals surface area contributed by atoms with Crippen LogP contribution in [0.1, 0.15) is 37.3 Å². The van der Waals surface area contributed by atoms with Gasteiger partial charge < -0.3 is 16.0 Å². The van der Waals surface area contributed by atoms with E-state index in [-0.39, 0.29) is 6.03 Å². The number of nitrogens with one attached hydrogen (secondary N) is 1. The van der Waals surface area contributed by atoms with E-state index in [1.807, 2.05) is 11.8 Å². The third-order valence-electron chi connectivity index (χ3n) is 4.70. The van der Waals surface area contributed by atoms with Crippen molar-refractivity contribution in [2.45, 2.75) is 57.0 Å². The summed E-state index contributed by atoms with van der Waals surface area (Å²) < 4.78 is 0. The van der Waals surface area contributed by atoms with Gasteiger partial charge in [0, 0.05) is 35.8 Å². The van der Waals surface area contributed by atoms with E-state index < -0.39 is 0 Å². The summed E-state index contributed by atoms with van der Waals surface area (Å²) in [6, 6.07) is 7.40. The number of thioether (sulfide) groups is 1. The number of benzene rings is 1. The molecule has 128 valence electrons. The van der Waals surface area contributed by atoms with Gasteiger partial charge in [0.1, 0.15) is 0 Å². The van der Waals surface area contributed by atoms with Crippen LogP contribution < -0.4 is 11.1 Å². The van der Waals surface area contributed by atoms with Crippen molar-refractivity contribution in [3.63, 3.8) is 0 Å². The molecular weight excluding hydrogens is 306 g/mol. The SMILES string of the molecule is CCC(CSc1ccc(C)c(C)c1)NC1CCN(C(N)=O)CC1. The fraction of sp³-hybridized carbons (Fsp3) is 0.611. The third kappa shape index (κ3) is 5.43. The predicted octanol–water partition coefficient (Wildman–Crippen LogP) is 3.31. The molecule has 2 amide bonds. The molecule has 1 atom stereocenters. The molecule has 0 radical (unpaired) electrons. The lowest BCUT2D eigenvalue weighted by molar-refractivity contribution is 0.183. The van der Waals surface area contributed by atoms with Crippen LogP contribution in [0.2, 0.25) is 0 Å². The molecule has 0 aliphatic carbocycles. The first-order valence-corrected chi connectivity index (χ1v) is 9.48. The number of nitrogens with two attached hydrogens (primary N) is 1. The highest BCUT2D eigenvalue weighted by Crippen LogP contribution is 2.23. The maximum atomic E-state index is 11.2. The van der Waals surface area contributed by atoms with E-state index in [1.165, 1.54) is 16.0 Å². The molecule has 1 heterocycles. The number of hydrogen-bond acceptors (Lipinski definition) is 3. The van der Waals surface area contributed by atoms with Gasteiger partial charge in [-0.05, 0) is 56.4 Å². The number of primary amides is 1. The lowest BCUT2D eigenvalue weighted by Gasteiger charge is -2.33. The second-order valence-corrected chi connectivity index (χ2v) is 7.52. The molecule has 1 unspecified atom stereocenters. The summed E-state index contributed by atoms with van der Waals surface area (Å²) in [7, 11) is 0. The first kappa shape index (κ1) is 18.1. The lowest BCUT2D eigenvalue weighted by Crippen LogP contribution is -2.49. The fourth-order valence-electron chi connectivity index (χ4n) is 2.88. The zero-order valence-corrected chi connectivity index (χ0v) is 15.3. The van der Waals surface area contributed by atoms with Gasteiger partial charge in [0.2, 0.25) is 0 Å². The van der Waals surface area contributed by atoms with Crippen LogP contribution in [0.25, 0.3) is 0 Å². The van der Waals surface area contributed by atoms with Gasteiger partial charge in [-0.2, -0.15) is 0 Å². The van der Waals surface area contributed by atoms with Crippen molar-refractivity contribution in [2.75, 3.05) is 18.8 Å². The number of carbonyl (C=O) groups excluding carboxylic acids is 1. The minimum absolute atomic E-state index is 0.291. The molecule has 3 N–H and O–H groups in total. The van der Waals surface area contributed by atoms with Crippen molar-refractivity contribution in [1.82, 2.24) is 10.2 Å². The first-order valence-electron chi connectivity index (χ1n) is 8.50. The molecule has 1 aliphatic heterocycles. The summed E-state index contributed by atoms with van der Waals surface area (Å²) in [5.41, 5.74) is 8.04. The van der Waals surface area contributed by atoms with Gasteiger partial charge in [-0.3, -0.25) is 0 Å². The maximum absolute atomic E-state index is 11.2. The van der Waals surface area contributed by atoms with E-state index in [0.717, 1.165) is 38.1 Å². The average molecular weight is 336 g/mol. The Kier molecular flexibility index (Phi) is 6.78. The summed E-state index contributed by atoms with van der Waals surface area (Å²) in [6.07, 6.45) is 3.11. The number of hydrogen-bond donors (Lipinski definition) is 2. The molecule has 0 bridgehead atoms. The monoisotopic (exact) mass is 335 g/mol. The largest absolute Gasteiger partial charge is 0.351 e. The molecule has 4 nitrogen and oxygen atoms in total.